The van der Waals surface area contributed by atoms with Crippen molar-refractivity contribution in [2.24, 2.45) is 5.84 Å². The topological polar surface area (TPSA) is 66.2 Å². The number of nitrogens with one attached hydrogen (secondary N) is 2. The van der Waals surface area contributed by atoms with E-state index in [0.29, 0.717) is 11.9 Å². The van der Waals surface area contributed by atoms with Gasteiger partial charge in [0.1, 0.15) is 5.82 Å². The molecule has 5 nitrogen and oxygen atoms in total. The van der Waals surface area contributed by atoms with Crippen molar-refractivity contribution >= 4 is 11.5 Å². The summed E-state index contributed by atoms with van der Waals surface area (Å²) < 4.78 is 0. The molecule has 94 valence electrons. The molecule has 0 bridgehead atoms. The summed E-state index contributed by atoms with van der Waals surface area (Å²) in [6, 6.07) is 4.54. The fourth-order valence-corrected chi connectivity index (χ4v) is 2.40. The fourth-order valence-electron chi connectivity index (χ4n) is 2.40. The number of nitrogens with zero attached hydrogens (tertiary/aromatic N) is 2. The van der Waals surface area contributed by atoms with Gasteiger partial charge >= 0.3 is 0 Å². The van der Waals surface area contributed by atoms with Crippen LogP contribution in [0.2, 0.25) is 0 Å². The first-order valence-electron chi connectivity index (χ1n) is 6.24. The number of aromatic nitrogens is 1. The largest absolute Gasteiger partial charge is 0.383 e. The van der Waals surface area contributed by atoms with Gasteiger partial charge < -0.3 is 10.7 Å². The zero-order valence-electron chi connectivity index (χ0n) is 10.3. The second-order valence-corrected chi connectivity index (χ2v) is 4.38. The van der Waals surface area contributed by atoms with E-state index in [4.69, 9.17) is 5.84 Å². The molecule has 4 N–H and O–H groups in total. The first kappa shape index (κ1) is 12.1. The highest BCUT2D eigenvalue weighted by molar-refractivity contribution is 5.51. The Morgan fingerprint density at radius 1 is 1.59 bits per heavy atom. The third-order valence-electron chi connectivity index (χ3n) is 3.35. The van der Waals surface area contributed by atoms with Crippen LogP contribution in [0.5, 0.6) is 0 Å². The predicted octanol–water partition coefficient (Wildman–Crippen LogP) is 1.26. The van der Waals surface area contributed by atoms with Crippen LogP contribution >= 0.6 is 0 Å². The number of hydrazine groups is 1. The Bertz CT molecular complexity index is 355. The van der Waals surface area contributed by atoms with Crippen LogP contribution in [-0.2, 0) is 0 Å². The Morgan fingerprint density at radius 3 is 3.24 bits per heavy atom. The summed E-state index contributed by atoms with van der Waals surface area (Å²) in [5, 5.41) is 3.45. The first-order valence-corrected chi connectivity index (χ1v) is 6.24. The third kappa shape index (κ3) is 3.08. The highest BCUT2D eigenvalue weighted by Crippen LogP contribution is 2.18. The van der Waals surface area contributed by atoms with Gasteiger partial charge in [0.2, 0.25) is 0 Å². The van der Waals surface area contributed by atoms with Crippen molar-refractivity contribution in [2.75, 3.05) is 30.4 Å². The maximum atomic E-state index is 5.33. The first-order chi connectivity index (χ1) is 8.33. The zero-order chi connectivity index (χ0) is 12.1. The Morgan fingerprint density at radius 2 is 2.47 bits per heavy atom. The van der Waals surface area contributed by atoms with Crippen LogP contribution in [0.1, 0.15) is 19.8 Å². The summed E-state index contributed by atoms with van der Waals surface area (Å²) in [5.74, 6) is 6.02. The van der Waals surface area contributed by atoms with Gasteiger partial charge in [-0.1, -0.05) is 6.92 Å². The van der Waals surface area contributed by atoms with Crippen molar-refractivity contribution in [3.8, 4) is 0 Å². The van der Waals surface area contributed by atoms with Crippen LogP contribution in [0.4, 0.5) is 11.5 Å². The zero-order valence-corrected chi connectivity index (χ0v) is 10.3. The molecule has 1 unspecified atom stereocenters. The normalized spacial score (nSPS) is 20.5. The number of hydrogen-bond acceptors (Lipinski definition) is 5. The molecule has 1 aromatic rings. The molecule has 0 amide bonds. The highest BCUT2D eigenvalue weighted by atomic mass is 15.2. The average molecular weight is 235 g/mol. The minimum Gasteiger partial charge on any atom is -0.383 e. The molecular weight excluding hydrogens is 214 g/mol. The number of likely N-dealkylation sites (tertiary alicyclic amines) is 1. The van der Waals surface area contributed by atoms with Gasteiger partial charge in [0.15, 0.2) is 0 Å². The quantitative estimate of drug-likeness (QED) is 0.530. The molecular formula is C12H21N5. The van der Waals surface area contributed by atoms with Gasteiger partial charge in [-0.2, -0.15) is 0 Å². The molecule has 2 heterocycles. The minimum absolute atomic E-state index is 0.655. The molecule has 1 aliphatic heterocycles. The molecule has 0 radical (unpaired) electrons. The lowest BCUT2D eigenvalue weighted by atomic mass is 10.2. The fraction of sp³-hybridized carbons (Fsp3) is 0.583. The molecule has 1 fully saturated rings. The number of pyridine rings is 1. The van der Waals surface area contributed by atoms with Crippen molar-refractivity contribution in [2.45, 2.75) is 25.8 Å². The van der Waals surface area contributed by atoms with E-state index in [1.165, 1.54) is 19.4 Å². The summed E-state index contributed by atoms with van der Waals surface area (Å²) in [5.41, 5.74) is 3.62. The van der Waals surface area contributed by atoms with E-state index in [2.05, 4.69) is 27.6 Å². The lowest BCUT2D eigenvalue weighted by Gasteiger charge is -2.23. The summed E-state index contributed by atoms with van der Waals surface area (Å²) in [4.78, 5) is 6.61. The van der Waals surface area contributed by atoms with E-state index in [-0.39, 0.29) is 0 Å². The maximum absolute atomic E-state index is 5.33. The second kappa shape index (κ2) is 5.84. The standard InChI is InChI=1S/C12H21N5/c1-2-17-7-3-4-11(17)9-15-10-5-6-14-12(8-10)16-13/h5-6,8,11H,2-4,7,9,13H2,1H3,(H2,14,15,16). The molecule has 2 rings (SSSR count). The molecule has 17 heavy (non-hydrogen) atoms. The summed E-state index contributed by atoms with van der Waals surface area (Å²) >= 11 is 0. The van der Waals surface area contributed by atoms with Crippen LogP contribution in [-0.4, -0.2) is 35.6 Å². The maximum Gasteiger partial charge on any atom is 0.141 e. The van der Waals surface area contributed by atoms with Crippen LogP contribution in [0.3, 0.4) is 0 Å². The second-order valence-electron chi connectivity index (χ2n) is 4.38. The third-order valence-corrected chi connectivity index (χ3v) is 3.35. The van der Waals surface area contributed by atoms with Gasteiger partial charge in [-0.15, -0.1) is 0 Å². The van der Waals surface area contributed by atoms with Gasteiger partial charge in [0.05, 0.1) is 0 Å². The van der Waals surface area contributed by atoms with Crippen molar-refractivity contribution < 1.29 is 0 Å². The van der Waals surface area contributed by atoms with Gasteiger partial charge in [-0.25, -0.2) is 10.8 Å². The molecule has 0 saturated carbocycles. The van der Waals surface area contributed by atoms with Crippen molar-refractivity contribution in [1.29, 1.82) is 0 Å². The lowest BCUT2D eigenvalue weighted by molar-refractivity contribution is 0.277. The monoisotopic (exact) mass is 235 g/mol. The predicted molar refractivity (Wildman–Crippen MR) is 70.8 cm³/mol. The molecule has 1 aromatic heterocycles. The van der Waals surface area contributed by atoms with E-state index in [9.17, 15) is 0 Å². The number of nitrogen functional groups attached to an aromatic ring is 1. The summed E-state index contributed by atoms with van der Waals surface area (Å²) in [6.45, 7) is 5.58. The van der Waals surface area contributed by atoms with E-state index in [0.717, 1.165) is 18.8 Å². The van der Waals surface area contributed by atoms with Gasteiger partial charge in [-0.3, -0.25) is 4.90 Å². The molecule has 0 spiro atoms. The average Bonchev–Trinajstić information content (AvgIpc) is 2.84. The Labute approximate surface area is 102 Å². The highest BCUT2D eigenvalue weighted by Gasteiger charge is 2.22. The molecule has 0 aliphatic carbocycles. The van der Waals surface area contributed by atoms with Gasteiger partial charge in [0.25, 0.3) is 0 Å². The van der Waals surface area contributed by atoms with Crippen LogP contribution in [0.15, 0.2) is 18.3 Å². The van der Waals surface area contributed by atoms with Crippen LogP contribution < -0.4 is 16.6 Å². The molecule has 1 saturated heterocycles. The molecule has 1 aliphatic rings. The van der Waals surface area contributed by atoms with Crippen molar-refractivity contribution in [1.82, 2.24) is 9.88 Å². The number of rotatable bonds is 5. The summed E-state index contributed by atoms with van der Waals surface area (Å²) in [6.07, 6.45) is 4.35. The van der Waals surface area contributed by atoms with Crippen molar-refractivity contribution in [3.05, 3.63) is 18.3 Å². The number of anilines is 2. The SMILES string of the molecule is CCN1CCCC1CNc1ccnc(NN)c1. The van der Waals surface area contributed by atoms with E-state index >= 15 is 0 Å². The number of likely N-dealkylation sites (N-methyl/N-ethyl adjacent to an activating group) is 1. The number of nitrogens with two attached hydrogens (primary N) is 1. The van der Waals surface area contributed by atoms with E-state index in [1.807, 2.05) is 12.1 Å². The molecule has 1 atom stereocenters. The number of hydrogen-bond donors (Lipinski definition) is 3. The smallest absolute Gasteiger partial charge is 0.141 e. The van der Waals surface area contributed by atoms with E-state index < -0.39 is 0 Å². The summed E-state index contributed by atoms with van der Waals surface area (Å²) in [7, 11) is 0. The van der Waals surface area contributed by atoms with Crippen LogP contribution in [0.25, 0.3) is 0 Å². The van der Waals surface area contributed by atoms with Crippen LogP contribution in [0, 0.1) is 0 Å². The minimum atomic E-state index is 0.655. The Hall–Kier alpha value is -1.33. The van der Waals surface area contributed by atoms with Gasteiger partial charge in [-0.05, 0) is 32.0 Å². The molecule has 5 heteroatoms. The Kier molecular flexibility index (Phi) is 4.17. The lowest BCUT2D eigenvalue weighted by Crippen LogP contribution is -2.34. The van der Waals surface area contributed by atoms with Crippen molar-refractivity contribution in [3.63, 3.8) is 0 Å². The van der Waals surface area contributed by atoms with E-state index in [1.54, 1.807) is 6.20 Å². The Balaban J connectivity index is 1.88. The molecule has 0 aromatic carbocycles. The van der Waals surface area contributed by atoms with Gasteiger partial charge in [0, 0.05) is 30.5 Å².